The predicted octanol–water partition coefficient (Wildman–Crippen LogP) is 6.78. The van der Waals surface area contributed by atoms with E-state index in [4.69, 9.17) is 13.9 Å². The molecule has 3 aromatic rings. The normalized spacial score (nSPS) is 19.9. The van der Waals surface area contributed by atoms with Gasteiger partial charge in [0.25, 0.3) is 0 Å². The number of furan rings is 1. The fourth-order valence-corrected chi connectivity index (χ4v) is 5.33. The zero-order chi connectivity index (χ0) is 29.1. The molecule has 5 rings (SSSR count). The molecule has 1 N–H and O–H groups in total. The topological polar surface area (TPSA) is 120 Å². The zero-order valence-electron chi connectivity index (χ0n) is 23.1. The van der Waals surface area contributed by atoms with Crippen molar-refractivity contribution in [1.29, 1.82) is 0 Å². The number of ketones is 2. The van der Waals surface area contributed by atoms with E-state index in [-0.39, 0.29) is 40.6 Å². The van der Waals surface area contributed by atoms with Crippen molar-refractivity contribution < 1.29 is 38.2 Å². The number of esters is 2. The zero-order valence-corrected chi connectivity index (χ0v) is 23.1. The van der Waals surface area contributed by atoms with Crippen molar-refractivity contribution in [2.75, 3.05) is 0 Å². The van der Waals surface area contributed by atoms with Crippen molar-refractivity contribution in [3.05, 3.63) is 76.6 Å². The van der Waals surface area contributed by atoms with Crippen LogP contribution >= 0.6 is 0 Å². The van der Waals surface area contributed by atoms with Gasteiger partial charge in [0.15, 0.2) is 5.78 Å². The summed E-state index contributed by atoms with van der Waals surface area (Å²) in [6.07, 6.45) is 6.32. The molecule has 0 saturated heterocycles. The number of phenolic OH excluding ortho intramolecular Hbond substituents is 1. The molecule has 0 bridgehead atoms. The van der Waals surface area contributed by atoms with E-state index in [1.807, 2.05) is 6.08 Å². The number of carbonyl (C=O) groups excluding carboxylic acids is 4. The number of phenols is 1. The molecule has 0 radical (unpaired) electrons. The number of Topliss-reactive ketones (excluding diaryl/α,β-unsaturated/α-hetero) is 2. The van der Waals surface area contributed by atoms with E-state index < -0.39 is 24.0 Å². The van der Waals surface area contributed by atoms with Crippen LogP contribution in [0.3, 0.4) is 0 Å². The molecule has 212 valence electrons. The number of cyclic esters (lactones) is 1. The van der Waals surface area contributed by atoms with Crippen LogP contribution in [0, 0.1) is 0 Å². The molecule has 0 unspecified atom stereocenters. The van der Waals surface area contributed by atoms with Crippen LogP contribution in [0.1, 0.15) is 102 Å². The van der Waals surface area contributed by atoms with Crippen molar-refractivity contribution in [3.63, 3.8) is 0 Å². The lowest BCUT2D eigenvalue weighted by Gasteiger charge is -2.26. The number of aromatic hydroxyl groups is 1. The number of hydrogen-bond donors (Lipinski definition) is 1. The van der Waals surface area contributed by atoms with Crippen molar-refractivity contribution >= 4 is 29.6 Å². The van der Waals surface area contributed by atoms with Crippen molar-refractivity contribution in [2.24, 2.45) is 0 Å². The van der Waals surface area contributed by atoms with Crippen LogP contribution in [-0.4, -0.2) is 34.7 Å². The standard InChI is InChI=1S/C33H32O8/c1-19-7-6-10-24(35)9-5-3-4-8-23-17-28-31(32(37)30(23)33(38)39-19)25(18-29(36)41-28)27-16-15-26(40-27)22-13-11-21(12-14-22)20(2)34/h4,8,11-17,19,25,37H,3,5-7,9-10,18H2,1-2H3/t19-,25-/m0/s1. The number of hydrogen-bond acceptors (Lipinski definition) is 8. The first-order valence-electron chi connectivity index (χ1n) is 13.9. The average Bonchev–Trinajstić information content (AvgIpc) is 3.42. The van der Waals surface area contributed by atoms with Crippen LogP contribution in [0.5, 0.6) is 11.5 Å². The van der Waals surface area contributed by atoms with Crippen LogP contribution in [0.25, 0.3) is 17.4 Å². The summed E-state index contributed by atoms with van der Waals surface area (Å²) in [5, 5.41) is 11.6. The number of carbonyl (C=O) groups is 4. The molecule has 0 spiro atoms. The minimum Gasteiger partial charge on any atom is -0.507 e. The van der Waals surface area contributed by atoms with Crippen LogP contribution < -0.4 is 4.74 Å². The largest absolute Gasteiger partial charge is 0.507 e. The maximum atomic E-state index is 13.4. The lowest BCUT2D eigenvalue weighted by molar-refractivity contribution is -0.135. The molecule has 41 heavy (non-hydrogen) atoms. The first kappa shape index (κ1) is 28.1. The molecule has 8 heteroatoms. The first-order valence-corrected chi connectivity index (χ1v) is 13.9. The number of benzene rings is 2. The van der Waals surface area contributed by atoms with Crippen molar-refractivity contribution in [3.8, 4) is 22.8 Å². The number of fused-ring (bicyclic) bond motifs is 2. The van der Waals surface area contributed by atoms with E-state index >= 15 is 0 Å². The molecule has 2 aliphatic rings. The van der Waals surface area contributed by atoms with Gasteiger partial charge in [0.1, 0.15) is 34.4 Å². The maximum absolute atomic E-state index is 13.4. The Kier molecular flexibility index (Phi) is 8.19. The Morgan fingerprint density at radius 2 is 1.76 bits per heavy atom. The van der Waals surface area contributed by atoms with Gasteiger partial charge in [-0.2, -0.15) is 0 Å². The smallest absolute Gasteiger partial charge is 0.342 e. The van der Waals surface area contributed by atoms with Gasteiger partial charge in [-0.15, -0.1) is 0 Å². The van der Waals surface area contributed by atoms with E-state index in [2.05, 4.69) is 0 Å². The van der Waals surface area contributed by atoms with E-state index in [0.717, 1.165) is 5.56 Å². The van der Waals surface area contributed by atoms with Crippen LogP contribution in [0.4, 0.5) is 0 Å². The van der Waals surface area contributed by atoms with Crippen LogP contribution in [-0.2, 0) is 14.3 Å². The first-order chi connectivity index (χ1) is 19.7. The maximum Gasteiger partial charge on any atom is 0.342 e. The second kappa shape index (κ2) is 12.0. The molecular weight excluding hydrogens is 524 g/mol. The molecule has 0 saturated carbocycles. The summed E-state index contributed by atoms with van der Waals surface area (Å²) in [7, 11) is 0. The molecule has 2 atom stereocenters. The summed E-state index contributed by atoms with van der Waals surface area (Å²) in [4.78, 5) is 49.8. The summed E-state index contributed by atoms with van der Waals surface area (Å²) < 4.78 is 17.4. The second-order valence-corrected chi connectivity index (χ2v) is 10.6. The number of allylic oxidation sites excluding steroid dienone is 1. The summed E-state index contributed by atoms with van der Waals surface area (Å²) in [6.45, 7) is 3.26. The SMILES string of the molecule is CC(=O)c1ccc(-c2ccc([C@@H]3CC(=O)Oc4cc5c(c(O)c43)C(=O)O[C@@H](C)CCCC(=O)CCCC=C5)o2)cc1. The summed E-state index contributed by atoms with van der Waals surface area (Å²) in [6, 6.07) is 12.1. The Bertz CT molecular complexity index is 1530. The van der Waals surface area contributed by atoms with Gasteiger partial charge in [-0.3, -0.25) is 14.4 Å². The highest BCUT2D eigenvalue weighted by atomic mass is 16.5. The van der Waals surface area contributed by atoms with Crippen molar-refractivity contribution in [1.82, 2.24) is 0 Å². The Morgan fingerprint density at radius 1 is 1.00 bits per heavy atom. The molecule has 8 nitrogen and oxygen atoms in total. The molecule has 2 aromatic carbocycles. The molecule has 3 heterocycles. The Morgan fingerprint density at radius 3 is 2.51 bits per heavy atom. The second-order valence-electron chi connectivity index (χ2n) is 10.6. The molecular formula is C33H32O8. The van der Waals surface area contributed by atoms with Gasteiger partial charge in [-0.05, 0) is 63.3 Å². The van der Waals surface area contributed by atoms with Gasteiger partial charge in [-0.1, -0.05) is 36.4 Å². The van der Waals surface area contributed by atoms with Gasteiger partial charge in [0, 0.05) is 29.5 Å². The molecule has 0 amide bonds. The minimum absolute atomic E-state index is 0.00506. The molecule has 2 aliphatic heterocycles. The monoisotopic (exact) mass is 556 g/mol. The molecule has 0 fully saturated rings. The van der Waals surface area contributed by atoms with Gasteiger partial charge in [-0.25, -0.2) is 4.79 Å². The van der Waals surface area contributed by atoms with E-state index in [1.54, 1.807) is 55.5 Å². The third kappa shape index (κ3) is 6.16. The highest BCUT2D eigenvalue weighted by Gasteiger charge is 2.37. The van der Waals surface area contributed by atoms with E-state index in [9.17, 15) is 24.3 Å². The van der Waals surface area contributed by atoms with Gasteiger partial charge in [0.05, 0.1) is 18.4 Å². The van der Waals surface area contributed by atoms with E-state index in [0.29, 0.717) is 61.2 Å². The minimum atomic E-state index is -0.699. The summed E-state index contributed by atoms with van der Waals surface area (Å²) >= 11 is 0. The van der Waals surface area contributed by atoms with Crippen LogP contribution in [0.2, 0.25) is 0 Å². The predicted molar refractivity (Wildman–Crippen MR) is 151 cm³/mol. The van der Waals surface area contributed by atoms with Gasteiger partial charge < -0.3 is 19.0 Å². The Hall–Kier alpha value is -4.46. The van der Waals surface area contributed by atoms with Gasteiger partial charge in [0.2, 0.25) is 0 Å². The third-order valence-corrected chi connectivity index (χ3v) is 7.52. The number of rotatable bonds is 3. The van der Waals surface area contributed by atoms with Crippen molar-refractivity contribution in [2.45, 2.75) is 70.8 Å². The quantitative estimate of drug-likeness (QED) is 0.213. The third-order valence-electron chi connectivity index (χ3n) is 7.52. The molecule has 0 aliphatic carbocycles. The van der Waals surface area contributed by atoms with Crippen LogP contribution in [0.15, 0.2) is 53.0 Å². The summed E-state index contributed by atoms with van der Waals surface area (Å²) in [5.41, 5.74) is 1.97. The fraction of sp³-hybridized carbons (Fsp3) is 0.333. The lowest BCUT2D eigenvalue weighted by atomic mass is 9.86. The van der Waals surface area contributed by atoms with Gasteiger partial charge >= 0.3 is 11.9 Å². The average molecular weight is 557 g/mol. The lowest BCUT2D eigenvalue weighted by Crippen LogP contribution is -2.23. The van der Waals surface area contributed by atoms with E-state index in [1.165, 1.54) is 6.92 Å². The Balaban J connectivity index is 1.54. The summed E-state index contributed by atoms with van der Waals surface area (Å²) in [5.74, 6) is -0.956. The molecule has 1 aromatic heterocycles. The fourth-order valence-electron chi connectivity index (χ4n) is 5.33. The highest BCUT2D eigenvalue weighted by molar-refractivity contribution is 5.99. The highest BCUT2D eigenvalue weighted by Crippen LogP contribution is 2.48. The number of ether oxygens (including phenoxy) is 2. The Labute approximate surface area is 238 Å².